The fourth-order valence-corrected chi connectivity index (χ4v) is 4.06. The van der Waals surface area contributed by atoms with E-state index < -0.39 is 0 Å². The van der Waals surface area contributed by atoms with Crippen molar-refractivity contribution in [2.75, 3.05) is 46.4 Å². The number of nitrogens with one attached hydrogen (secondary N) is 1. The van der Waals surface area contributed by atoms with Gasteiger partial charge in [-0.05, 0) is 94.4 Å². The molecule has 5 heteroatoms. The minimum absolute atomic E-state index is 0.0364. The van der Waals surface area contributed by atoms with Crippen molar-refractivity contribution in [3.63, 3.8) is 0 Å². The first-order chi connectivity index (χ1) is 12.7. The summed E-state index contributed by atoms with van der Waals surface area (Å²) in [4.78, 5) is 13.8. The number of esters is 1. The monoisotopic (exact) mass is 360 g/mol. The van der Waals surface area contributed by atoms with E-state index in [0.717, 1.165) is 11.7 Å². The molecule has 5 nitrogen and oxygen atoms in total. The predicted molar refractivity (Wildman–Crippen MR) is 103 cm³/mol. The van der Waals surface area contributed by atoms with E-state index in [1.165, 1.54) is 77.5 Å². The highest BCUT2D eigenvalue weighted by Crippen LogP contribution is 2.29. The first kappa shape index (κ1) is 19.2. The summed E-state index contributed by atoms with van der Waals surface area (Å²) < 4.78 is 10.0. The van der Waals surface area contributed by atoms with Crippen LogP contribution in [-0.4, -0.2) is 57.3 Å². The van der Waals surface area contributed by atoms with Gasteiger partial charge in [0.1, 0.15) is 5.75 Å². The zero-order valence-corrected chi connectivity index (χ0v) is 15.9. The molecule has 1 N–H and O–H groups in total. The van der Waals surface area contributed by atoms with Crippen molar-refractivity contribution >= 4 is 5.97 Å². The Morgan fingerprint density at radius 3 is 2.46 bits per heavy atom. The standard InChI is InChI=1S/C21H32N2O3/c1-25-21(24)16-26-20-4-2-18(3-5-20)19-9-14-23(15-10-19)13-8-17-6-11-22-12-7-17/h2-5,17,19,22H,6-16H2,1H3. The normalized spacial score (nSPS) is 20.0. The first-order valence-electron chi connectivity index (χ1n) is 9.97. The van der Waals surface area contributed by atoms with Crippen LogP contribution in [0.2, 0.25) is 0 Å². The number of nitrogens with zero attached hydrogens (tertiary/aromatic N) is 1. The maximum Gasteiger partial charge on any atom is 0.343 e. The van der Waals surface area contributed by atoms with Gasteiger partial charge in [0.15, 0.2) is 6.61 Å². The summed E-state index contributed by atoms with van der Waals surface area (Å²) >= 11 is 0. The third-order valence-electron chi connectivity index (χ3n) is 5.84. The molecule has 0 bridgehead atoms. The lowest BCUT2D eigenvalue weighted by Crippen LogP contribution is -2.36. The number of methoxy groups -OCH3 is 1. The number of carbonyl (C=O) groups is 1. The van der Waals surface area contributed by atoms with Gasteiger partial charge in [-0.25, -0.2) is 4.79 Å². The number of ether oxygens (including phenoxy) is 2. The van der Waals surface area contributed by atoms with Crippen molar-refractivity contribution < 1.29 is 14.3 Å². The number of rotatable bonds is 7. The molecular formula is C21H32N2O3. The quantitative estimate of drug-likeness (QED) is 0.758. The third-order valence-corrected chi connectivity index (χ3v) is 5.84. The van der Waals surface area contributed by atoms with E-state index >= 15 is 0 Å². The number of hydrogen-bond donors (Lipinski definition) is 1. The summed E-state index contributed by atoms with van der Waals surface area (Å²) in [5.74, 6) is 1.93. The Balaban J connectivity index is 1.39. The van der Waals surface area contributed by atoms with Crippen molar-refractivity contribution in [2.45, 2.75) is 38.0 Å². The molecule has 2 saturated heterocycles. The molecule has 0 amide bonds. The van der Waals surface area contributed by atoms with Gasteiger partial charge in [-0.15, -0.1) is 0 Å². The van der Waals surface area contributed by atoms with Crippen LogP contribution >= 0.6 is 0 Å². The minimum Gasteiger partial charge on any atom is -0.482 e. The second-order valence-corrected chi connectivity index (χ2v) is 7.53. The summed E-state index contributed by atoms with van der Waals surface area (Å²) in [6.07, 6.45) is 6.52. The molecular weight excluding hydrogens is 328 g/mol. The molecule has 2 fully saturated rings. The van der Waals surface area contributed by atoms with Gasteiger partial charge in [-0.1, -0.05) is 12.1 Å². The van der Waals surface area contributed by atoms with Crippen LogP contribution in [0, 0.1) is 5.92 Å². The smallest absolute Gasteiger partial charge is 0.343 e. The van der Waals surface area contributed by atoms with Gasteiger partial charge in [0.2, 0.25) is 0 Å². The first-order valence-corrected chi connectivity index (χ1v) is 9.97. The van der Waals surface area contributed by atoms with E-state index in [9.17, 15) is 4.79 Å². The Bertz CT molecular complexity index is 547. The van der Waals surface area contributed by atoms with Crippen LogP contribution in [0.25, 0.3) is 0 Å². The van der Waals surface area contributed by atoms with Crippen LogP contribution in [0.5, 0.6) is 5.75 Å². The summed E-state index contributed by atoms with van der Waals surface area (Å²) in [5, 5.41) is 3.45. The van der Waals surface area contributed by atoms with Gasteiger partial charge < -0.3 is 19.7 Å². The number of likely N-dealkylation sites (tertiary alicyclic amines) is 1. The van der Waals surface area contributed by atoms with Gasteiger partial charge in [-0.2, -0.15) is 0 Å². The van der Waals surface area contributed by atoms with Crippen LogP contribution in [0.3, 0.4) is 0 Å². The van der Waals surface area contributed by atoms with Gasteiger partial charge in [-0.3, -0.25) is 0 Å². The van der Waals surface area contributed by atoms with Crippen molar-refractivity contribution in [1.82, 2.24) is 10.2 Å². The Hall–Kier alpha value is -1.59. The van der Waals surface area contributed by atoms with Crippen LogP contribution in [-0.2, 0) is 9.53 Å². The van der Waals surface area contributed by atoms with Crippen molar-refractivity contribution in [3.8, 4) is 5.75 Å². The molecule has 0 aliphatic carbocycles. The van der Waals surface area contributed by atoms with Crippen LogP contribution in [0.1, 0.15) is 43.6 Å². The zero-order chi connectivity index (χ0) is 18.2. The van der Waals surface area contributed by atoms with Gasteiger partial charge in [0, 0.05) is 0 Å². The Morgan fingerprint density at radius 2 is 1.81 bits per heavy atom. The third kappa shape index (κ3) is 5.71. The van der Waals surface area contributed by atoms with Crippen molar-refractivity contribution in [3.05, 3.63) is 29.8 Å². The highest BCUT2D eigenvalue weighted by atomic mass is 16.6. The van der Waals surface area contributed by atoms with E-state index in [-0.39, 0.29) is 12.6 Å². The zero-order valence-electron chi connectivity index (χ0n) is 15.9. The van der Waals surface area contributed by atoms with Crippen LogP contribution < -0.4 is 10.1 Å². The van der Waals surface area contributed by atoms with E-state index in [1.54, 1.807) is 0 Å². The van der Waals surface area contributed by atoms with Crippen LogP contribution in [0.4, 0.5) is 0 Å². The summed E-state index contributed by atoms with van der Waals surface area (Å²) in [6.45, 7) is 6.04. The fourth-order valence-electron chi connectivity index (χ4n) is 4.06. The number of carbonyl (C=O) groups excluding carboxylic acids is 1. The van der Waals surface area contributed by atoms with Crippen molar-refractivity contribution in [2.24, 2.45) is 5.92 Å². The maximum atomic E-state index is 11.1. The molecule has 2 aliphatic rings. The molecule has 0 spiro atoms. The lowest BCUT2D eigenvalue weighted by Gasteiger charge is -2.33. The highest BCUT2D eigenvalue weighted by molar-refractivity contribution is 5.70. The second kappa shape index (κ2) is 9.93. The summed E-state index contributed by atoms with van der Waals surface area (Å²) in [6, 6.07) is 8.20. The molecule has 0 saturated carbocycles. The SMILES string of the molecule is COC(=O)COc1ccc(C2CCN(CCC3CCNCC3)CC2)cc1. The molecule has 0 atom stereocenters. The largest absolute Gasteiger partial charge is 0.482 e. The lowest BCUT2D eigenvalue weighted by atomic mass is 9.88. The fraction of sp³-hybridized carbons (Fsp3) is 0.667. The molecule has 3 rings (SSSR count). The molecule has 26 heavy (non-hydrogen) atoms. The van der Waals surface area contributed by atoms with Crippen molar-refractivity contribution in [1.29, 1.82) is 0 Å². The molecule has 2 aliphatic heterocycles. The Labute approximate surface area is 157 Å². The van der Waals surface area contributed by atoms with Crippen LogP contribution in [0.15, 0.2) is 24.3 Å². The molecule has 144 valence electrons. The molecule has 2 heterocycles. The topological polar surface area (TPSA) is 50.8 Å². The van der Waals surface area contributed by atoms with E-state index in [0.29, 0.717) is 5.92 Å². The average Bonchev–Trinajstić information content (AvgIpc) is 2.72. The van der Waals surface area contributed by atoms with Gasteiger partial charge >= 0.3 is 5.97 Å². The molecule has 0 radical (unpaired) electrons. The van der Waals surface area contributed by atoms with Gasteiger partial charge in [0.25, 0.3) is 0 Å². The number of piperidine rings is 2. The highest BCUT2D eigenvalue weighted by Gasteiger charge is 2.22. The summed E-state index contributed by atoms with van der Waals surface area (Å²) in [7, 11) is 1.37. The Kier molecular flexibility index (Phi) is 7.32. The molecule has 1 aromatic carbocycles. The van der Waals surface area contributed by atoms with E-state index in [4.69, 9.17) is 4.74 Å². The maximum absolute atomic E-state index is 11.1. The second-order valence-electron chi connectivity index (χ2n) is 7.53. The van der Waals surface area contributed by atoms with Gasteiger partial charge in [0.05, 0.1) is 7.11 Å². The minimum atomic E-state index is -0.356. The number of hydrogen-bond acceptors (Lipinski definition) is 5. The molecule has 1 aromatic rings. The molecule has 0 aromatic heterocycles. The lowest BCUT2D eigenvalue weighted by molar-refractivity contribution is -0.142. The number of benzene rings is 1. The van der Waals surface area contributed by atoms with E-state index in [1.807, 2.05) is 12.1 Å². The van der Waals surface area contributed by atoms with E-state index in [2.05, 4.69) is 27.1 Å². The Morgan fingerprint density at radius 1 is 1.12 bits per heavy atom. The predicted octanol–water partition coefficient (Wildman–Crippen LogP) is 2.81. The average molecular weight is 360 g/mol. The molecule has 0 unspecified atom stereocenters. The summed E-state index contributed by atoms with van der Waals surface area (Å²) in [5.41, 5.74) is 1.38.